The van der Waals surface area contributed by atoms with Crippen LogP contribution in [0.5, 0.6) is 0 Å². The number of nitrogens with zero attached hydrogens (tertiary/aromatic N) is 2. The Morgan fingerprint density at radius 3 is 3.00 bits per heavy atom. The van der Waals surface area contributed by atoms with Gasteiger partial charge < -0.3 is 9.26 Å². The van der Waals surface area contributed by atoms with E-state index in [1.807, 2.05) is 25.1 Å². The summed E-state index contributed by atoms with van der Waals surface area (Å²) in [5.41, 5.74) is 1.88. The molecule has 2 heterocycles. The van der Waals surface area contributed by atoms with Gasteiger partial charge in [-0.15, -0.1) is 0 Å². The van der Waals surface area contributed by atoms with Crippen LogP contribution in [0.4, 0.5) is 0 Å². The molecule has 1 saturated heterocycles. The smallest absolute Gasteiger partial charge is 0.257 e. The van der Waals surface area contributed by atoms with Gasteiger partial charge in [0.05, 0.1) is 6.61 Å². The average Bonchev–Trinajstić information content (AvgIpc) is 3.01. The minimum absolute atomic E-state index is 0.253. The number of ether oxygens (including phenoxy) is 1. The molecule has 4 nitrogen and oxygen atoms in total. The van der Waals surface area contributed by atoms with Crippen LogP contribution in [0.15, 0.2) is 22.7 Å². The molecule has 18 heavy (non-hydrogen) atoms. The second-order valence-corrected chi connectivity index (χ2v) is 4.89. The lowest BCUT2D eigenvalue weighted by Crippen LogP contribution is -1.99. The van der Waals surface area contributed by atoms with Crippen molar-refractivity contribution in [2.75, 3.05) is 13.2 Å². The van der Waals surface area contributed by atoms with Gasteiger partial charge in [0, 0.05) is 23.1 Å². The molecule has 5 heteroatoms. The Morgan fingerprint density at radius 1 is 1.39 bits per heavy atom. The van der Waals surface area contributed by atoms with Crippen molar-refractivity contribution >= 4 is 11.6 Å². The molecule has 1 aliphatic heterocycles. The maximum atomic E-state index is 6.09. The zero-order valence-corrected chi connectivity index (χ0v) is 10.8. The van der Waals surface area contributed by atoms with Gasteiger partial charge in [-0.25, -0.2) is 0 Å². The van der Waals surface area contributed by atoms with E-state index in [2.05, 4.69) is 10.1 Å². The van der Waals surface area contributed by atoms with Crippen molar-refractivity contribution in [2.24, 2.45) is 0 Å². The molecule has 0 unspecified atom stereocenters. The molecular formula is C13H13ClN2O2. The van der Waals surface area contributed by atoms with Crippen LogP contribution in [0.1, 0.15) is 23.7 Å². The molecule has 0 N–H and O–H groups in total. The number of benzene rings is 1. The predicted molar refractivity (Wildman–Crippen MR) is 67.7 cm³/mol. The Bertz CT molecular complexity index is 562. The number of rotatable bonds is 2. The minimum Gasteiger partial charge on any atom is -0.381 e. The van der Waals surface area contributed by atoms with Crippen molar-refractivity contribution in [1.82, 2.24) is 10.1 Å². The molecule has 0 bridgehead atoms. The topological polar surface area (TPSA) is 48.2 Å². The van der Waals surface area contributed by atoms with Crippen molar-refractivity contribution in [1.29, 1.82) is 0 Å². The standard InChI is InChI=1S/C13H13ClN2O2/c1-8-2-3-9(6-11(8)14)13-15-12(16-18-13)10-4-5-17-7-10/h2-3,6,10H,4-5,7H2,1H3/t10-/m0/s1. The highest BCUT2D eigenvalue weighted by Gasteiger charge is 2.23. The first kappa shape index (κ1) is 11.7. The van der Waals surface area contributed by atoms with Crippen molar-refractivity contribution in [3.63, 3.8) is 0 Å². The first-order valence-electron chi connectivity index (χ1n) is 5.92. The molecular weight excluding hydrogens is 252 g/mol. The van der Waals surface area contributed by atoms with E-state index in [4.69, 9.17) is 20.9 Å². The molecule has 1 aromatic heterocycles. The summed E-state index contributed by atoms with van der Waals surface area (Å²) in [4.78, 5) is 4.42. The van der Waals surface area contributed by atoms with E-state index in [0.717, 1.165) is 30.0 Å². The third-order valence-electron chi connectivity index (χ3n) is 3.16. The molecule has 0 radical (unpaired) electrons. The van der Waals surface area contributed by atoms with Crippen molar-refractivity contribution in [2.45, 2.75) is 19.3 Å². The lowest BCUT2D eigenvalue weighted by Gasteiger charge is -1.99. The van der Waals surface area contributed by atoms with Gasteiger partial charge in [0.25, 0.3) is 5.89 Å². The zero-order chi connectivity index (χ0) is 12.5. The van der Waals surface area contributed by atoms with Gasteiger partial charge in [-0.3, -0.25) is 0 Å². The van der Waals surface area contributed by atoms with E-state index in [0.29, 0.717) is 17.5 Å². The Balaban J connectivity index is 1.89. The molecule has 1 fully saturated rings. The molecule has 1 atom stereocenters. The third kappa shape index (κ3) is 2.13. The summed E-state index contributed by atoms with van der Waals surface area (Å²) in [5.74, 6) is 1.49. The SMILES string of the molecule is Cc1ccc(-c2nc([C@H]3CCOC3)no2)cc1Cl. The summed E-state index contributed by atoms with van der Waals surface area (Å²) in [6, 6.07) is 5.73. The summed E-state index contributed by atoms with van der Waals surface area (Å²) in [6.45, 7) is 3.40. The summed E-state index contributed by atoms with van der Waals surface area (Å²) < 4.78 is 10.6. The van der Waals surface area contributed by atoms with Crippen LogP contribution < -0.4 is 0 Å². The monoisotopic (exact) mass is 264 g/mol. The maximum Gasteiger partial charge on any atom is 0.257 e. The quantitative estimate of drug-likeness (QED) is 0.836. The lowest BCUT2D eigenvalue weighted by molar-refractivity contribution is 0.192. The fourth-order valence-corrected chi connectivity index (χ4v) is 2.16. The maximum absolute atomic E-state index is 6.09. The molecule has 0 amide bonds. The van der Waals surface area contributed by atoms with Crippen LogP contribution in [0.25, 0.3) is 11.5 Å². The van der Waals surface area contributed by atoms with Crippen LogP contribution in [-0.2, 0) is 4.74 Å². The average molecular weight is 265 g/mol. The first-order chi connectivity index (χ1) is 8.74. The number of hydrogen-bond donors (Lipinski definition) is 0. The highest BCUT2D eigenvalue weighted by molar-refractivity contribution is 6.31. The minimum atomic E-state index is 0.253. The Kier molecular flexibility index (Phi) is 3.06. The second-order valence-electron chi connectivity index (χ2n) is 4.48. The van der Waals surface area contributed by atoms with Crippen LogP contribution in [0, 0.1) is 6.92 Å². The van der Waals surface area contributed by atoms with Gasteiger partial charge in [-0.1, -0.05) is 22.8 Å². The molecule has 3 rings (SSSR count). The number of halogens is 1. The third-order valence-corrected chi connectivity index (χ3v) is 3.56. The van der Waals surface area contributed by atoms with Gasteiger partial charge >= 0.3 is 0 Å². The van der Waals surface area contributed by atoms with Crippen molar-refractivity contribution in [3.8, 4) is 11.5 Å². The summed E-state index contributed by atoms with van der Waals surface area (Å²) in [7, 11) is 0. The Morgan fingerprint density at radius 2 is 2.28 bits per heavy atom. The van der Waals surface area contributed by atoms with Gasteiger partial charge in [0.2, 0.25) is 0 Å². The van der Waals surface area contributed by atoms with E-state index in [9.17, 15) is 0 Å². The fourth-order valence-electron chi connectivity index (χ4n) is 1.98. The van der Waals surface area contributed by atoms with Crippen LogP contribution in [0.2, 0.25) is 5.02 Å². The van der Waals surface area contributed by atoms with E-state index in [-0.39, 0.29) is 5.92 Å². The summed E-state index contributed by atoms with van der Waals surface area (Å²) in [6.07, 6.45) is 0.952. The molecule has 0 saturated carbocycles. The number of aryl methyl sites for hydroxylation is 1. The normalized spacial score (nSPS) is 19.3. The van der Waals surface area contributed by atoms with Gasteiger partial charge in [-0.2, -0.15) is 4.98 Å². The second kappa shape index (κ2) is 4.71. The van der Waals surface area contributed by atoms with Gasteiger partial charge in [0.1, 0.15) is 0 Å². The molecule has 1 aromatic carbocycles. The van der Waals surface area contributed by atoms with Gasteiger partial charge in [0.15, 0.2) is 5.82 Å². The number of hydrogen-bond acceptors (Lipinski definition) is 4. The molecule has 1 aliphatic rings. The highest BCUT2D eigenvalue weighted by atomic mass is 35.5. The molecule has 0 aliphatic carbocycles. The van der Waals surface area contributed by atoms with E-state index < -0.39 is 0 Å². The molecule has 2 aromatic rings. The van der Waals surface area contributed by atoms with Crippen molar-refractivity contribution < 1.29 is 9.26 Å². The largest absolute Gasteiger partial charge is 0.381 e. The van der Waals surface area contributed by atoms with Crippen LogP contribution >= 0.6 is 11.6 Å². The summed E-state index contributed by atoms with van der Waals surface area (Å²) >= 11 is 6.09. The van der Waals surface area contributed by atoms with E-state index >= 15 is 0 Å². The van der Waals surface area contributed by atoms with Crippen LogP contribution in [-0.4, -0.2) is 23.4 Å². The van der Waals surface area contributed by atoms with E-state index in [1.165, 1.54) is 0 Å². The number of aromatic nitrogens is 2. The van der Waals surface area contributed by atoms with E-state index in [1.54, 1.807) is 0 Å². The molecule has 0 spiro atoms. The first-order valence-corrected chi connectivity index (χ1v) is 6.30. The lowest BCUT2D eigenvalue weighted by atomic mass is 10.1. The summed E-state index contributed by atoms with van der Waals surface area (Å²) in [5, 5.41) is 4.72. The molecule has 94 valence electrons. The van der Waals surface area contributed by atoms with Gasteiger partial charge in [-0.05, 0) is 31.0 Å². The zero-order valence-electron chi connectivity index (χ0n) is 10.0. The Labute approximate surface area is 110 Å². The fraction of sp³-hybridized carbons (Fsp3) is 0.385. The predicted octanol–water partition coefficient (Wildman–Crippen LogP) is 3.20. The highest BCUT2D eigenvalue weighted by Crippen LogP contribution is 2.27. The van der Waals surface area contributed by atoms with Crippen molar-refractivity contribution in [3.05, 3.63) is 34.6 Å². The van der Waals surface area contributed by atoms with Crippen LogP contribution in [0.3, 0.4) is 0 Å². The Hall–Kier alpha value is -1.39.